The predicted octanol–water partition coefficient (Wildman–Crippen LogP) is 3.26. The molecule has 1 amide bonds. The lowest BCUT2D eigenvalue weighted by Crippen LogP contribution is -2.48. The number of likely N-dealkylation sites (tertiary alicyclic amines) is 1. The summed E-state index contributed by atoms with van der Waals surface area (Å²) in [5.74, 6) is -0.817. The number of fused-ring (bicyclic) bond motifs is 1. The number of nitrogens with zero attached hydrogens (tertiary/aromatic N) is 3. The molecule has 2 heterocycles. The summed E-state index contributed by atoms with van der Waals surface area (Å²) in [6.07, 6.45) is 5.01. The highest BCUT2D eigenvalue weighted by Gasteiger charge is 2.30. The van der Waals surface area contributed by atoms with Crippen molar-refractivity contribution in [3.05, 3.63) is 58.7 Å². The molecular formula is C26H29ClN4O4. The Bertz CT molecular complexity index is 1250. The fourth-order valence-electron chi connectivity index (χ4n) is 4.53. The second-order valence-electron chi connectivity index (χ2n) is 9.41. The zero-order chi connectivity index (χ0) is 24.5. The van der Waals surface area contributed by atoms with E-state index in [1.165, 1.54) is 0 Å². The van der Waals surface area contributed by atoms with Crippen LogP contribution in [0, 0.1) is 0 Å². The molecule has 0 bridgehead atoms. The van der Waals surface area contributed by atoms with E-state index in [0.29, 0.717) is 22.9 Å². The van der Waals surface area contributed by atoms with Gasteiger partial charge in [-0.15, -0.1) is 0 Å². The first kappa shape index (κ1) is 23.8. The molecule has 2 aliphatic rings. The number of aryl methyl sites for hydroxylation is 1. The van der Waals surface area contributed by atoms with Crippen molar-refractivity contribution in [2.45, 2.75) is 43.9 Å². The van der Waals surface area contributed by atoms with Gasteiger partial charge in [-0.2, -0.15) is 5.10 Å². The van der Waals surface area contributed by atoms with E-state index >= 15 is 0 Å². The Morgan fingerprint density at radius 2 is 1.97 bits per heavy atom. The minimum Gasteiger partial charge on any atom is -0.489 e. The van der Waals surface area contributed by atoms with Gasteiger partial charge in [0.05, 0.1) is 28.9 Å². The zero-order valence-corrected chi connectivity index (χ0v) is 20.4. The number of hydrogen-bond acceptors (Lipinski definition) is 6. The molecule has 0 spiro atoms. The van der Waals surface area contributed by atoms with Gasteiger partial charge in [0.25, 0.3) is 5.91 Å². The van der Waals surface area contributed by atoms with E-state index in [1.807, 2.05) is 7.05 Å². The summed E-state index contributed by atoms with van der Waals surface area (Å²) in [6, 6.07) is 9.55. The molecule has 184 valence electrons. The van der Waals surface area contributed by atoms with E-state index in [-0.39, 0.29) is 11.7 Å². The molecule has 1 aliphatic carbocycles. The number of rotatable bonds is 9. The smallest absolute Gasteiger partial charge is 0.292 e. The lowest BCUT2D eigenvalue weighted by atomic mass is 10.0. The van der Waals surface area contributed by atoms with Gasteiger partial charge in [-0.25, -0.2) is 0 Å². The molecule has 2 fully saturated rings. The second-order valence-corrected chi connectivity index (χ2v) is 9.82. The summed E-state index contributed by atoms with van der Waals surface area (Å²) in [6.45, 7) is 2.21. The largest absolute Gasteiger partial charge is 0.489 e. The molecule has 1 saturated carbocycles. The third-order valence-corrected chi connectivity index (χ3v) is 6.98. The topological polar surface area (TPSA) is 96.7 Å². The Kier molecular flexibility index (Phi) is 6.77. The van der Waals surface area contributed by atoms with E-state index < -0.39 is 23.8 Å². The fourth-order valence-corrected chi connectivity index (χ4v) is 4.77. The second kappa shape index (κ2) is 9.97. The van der Waals surface area contributed by atoms with Gasteiger partial charge in [-0.3, -0.25) is 14.3 Å². The third kappa shape index (κ3) is 5.34. The van der Waals surface area contributed by atoms with Gasteiger partial charge in [-0.1, -0.05) is 17.7 Å². The summed E-state index contributed by atoms with van der Waals surface area (Å²) in [7, 11) is 1.82. The molecule has 35 heavy (non-hydrogen) atoms. The monoisotopic (exact) mass is 496 g/mol. The fraction of sp³-hybridized carbons (Fsp3) is 0.423. The maximum atomic E-state index is 13.0. The molecule has 3 aromatic rings. The number of carbonyl (C=O) groups is 2. The first-order valence-corrected chi connectivity index (χ1v) is 12.4. The molecule has 2 atom stereocenters. The molecule has 1 aliphatic heterocycles. The van der Waals surface area contributed by atoms with E-state index in [4.69, 9.17) is 16.3 Å². The number of amides is 1. The molecular weight excluding hydrogens is 468 g/mol. The zero-order valence-electron chi connectivity index (χ0n) is 19.6. The van der Waals surface area contributed by atoms with Crippen LogP contribution < -0.4 is 10.1 Å². The summed E-state index contributed by atoms with van der Waals surface area (Å²) >= 11 is 6.41. The molecule has 2 unspecified atom stereocenters. The summed E-state index contributed by atoms with van der Waals surface area (Å²) in [5, 5.41) is 19.4. The Morgan fingerprint density at radius 1 is 1.20 bits per heavy atom. The Hall–Kier alpha value is -2.94. The number of aromatic nitrogens is 2. The van der Waals surface area contributed by atoms with Crippen LogP contribution in [0.3, 0.4) is 0 Å². The van der Waals surface area contributed by atoms with E-state index in [1.54, 1.807) is 47.3 Å². The highest BCUT2D eigenvalue weighted by Crippen LogP contribution is 2.34. The number of nitrogens with one attached hydrogen (secondary N) is 1. The standard InChI is InChI=1S/C26H29ClN4O4/c1-30-22-8-4-16(12-18(22)14-28-30)25(33)26(34)29-21(15-31-10-2-3-11-31)24(32)17-5-9-23(20(27)13-17)35-19-6-7-19/h4-5,8-9,12-14,19,21,24,32H,2-3,6-7,10-11,15H2,1H3,(H,29,34). The molecule has 2 aromatic carbocycles. The van der Waals surface area contributed by atoms with Gasteiger partial charge in [-0.05, 0) is 74.7 Å². The van der Waals surface area contributed by atoms with Crippen molar-refractivity contribution in [3.8, 4) is 5.75 Å². The van der Waals surface area contributed by atoms with E-state index in [0.717, 1.165) is 49.7 Å². The normalized spacial score (nSPS) is 17.9. The van der Waals surface area contributed by atoms with Crippen molar-refractivity contribution in [1.29, 1.82) is 0 Å². The lowest BCUT2D eigenvalue weighted by molar-refractivity contribution is -0.118. The number of ketones is 1. The van der Waals surface area contributed by atoms with Crippen LogP contribution in [0.4, 0.5) is 0 Å². The minimum atomic E-state index is -1.04. The van der Waals surface area contributed by atoms with Crippen molar-refractivity contribution >= 4 is 34.2 Å². The highest BCUT2D eigenvalue weighted by molar-refractivity contribution is 6.43. The summed E-state index contributed by atoms with van der Waals surface area (Å²) < 4.78 is 7.50. The minimum absolute atomic E-state index is 0.211. The van der Waals surface area contributed by atoms with Gasteiger partial charge in [0, 0.05) is 24.5 Å². The van der Waals surface area contributed by atoms with Gasteiger partial charge < -0.3 is 20.1 Å². The Morgan fingerprint density at radius 3 is 2.69 bits per heavy atom. The molecule has 5 rings (SSSR count). The Balaban J connectivity index is 1.34. The number of aliphatic hydroxyl groups excluding tert-OH is 1. The highest BCUT2D eigenvalue weighted by atomic mass is 35.5. The average molecular weight is 497 g/mol. The van der Waals surface area contributed by atoms with Gasteiger partial charge in [0.1, 0.15) is 11.9 Å². The molecule has 2 N–H and O–H groups in total. The maximum Gasteiger partial charge on any atom is 0.292 e. The van der Waals surface area contributed by atoms with Crippen LogP contribution in [0.5, 0.6) is 5.75 Å². The number of hydrogen-bond donors (Lipinski definition) is 2. The predicted molar refractivity (Wildman–Crippen MR) is 133 cm³/mol. The SMILES string of the molecule is Cn1ncc2cc(C(=O)C(=O)NC(CN3CCCC3)C(O)c3ccc(OC4CC4)c(Cl)c3)ccc21. The number of Topliss-reactive ketones (excluding diaryl/α,β-unsaturated/α-hetero) is 1. The lowest BCUT2D eigenvalue weighted by Gasteiger charge is -2.28. The van der Waals surface area contributed by atoms with Gasteiger partial charge in [0.15, 0.2) is 0 Å². The van der Waals surface area contributed by atoms with Crippen molar-refractivity contribution < 1.29 is 19.4 Å². The quantitative estimate of drug-likeness (QED) is 0.348. The molecule has 1 saturated heterocycles. The number of aliphatic hydroxyl groups is 1. The van der Waals surface area contributed by atoms with E-state index in [9.17, 15) is 14.7 Å². The van der Waals surface area contributed by atoms with Crippen LogP contribution in [0.15, 0.2) is 42.6 Å². The number of halogens is 1. The van der Waals surface area contributed by atoms with Crippen LogP contribution in [0.25, 0.3) is 10.9 Å². The average Bonchev–Trinajstić information content (AvgIpc) is 3.38. The van der Waals surface area contributed by atoms with Crippen molar-refractivity contribution in [1.82, 2.24) is 20.0 Å². The maximum absolute atomic E-state index is 13.0. The molecule has 8 nitrogen and oxygen atoms in total. The number of benzene rings is 2. The number of carbonyl (C=O) groups excluding carboxylic acids is 2. The van der Waals surface area contributed by atoms with Crippen molar-refractivity contribution in [3.63, 3.8) is 0 Å². The third-order valence-electron chi connectivity index (χ3n) is 6.68. The van der Waals surface area contributed by atoms with Crippen molar-refractivity contribution in [2.75, 3.05) is 19.6 Å². The van der Waals surface area contributed by atoms with Crippen LogP contribution >= 0.6 is 11.6 Å². The molecule has 1 aromatic heterocycles. The van der Waals surface area contributed by atoms with Gasteiger partial charge >= 0.3 is 0 Å². The van der Waals surface area contributed by atoms with E-state index in [2.05, 4.69) is 15.3 Å². The first-order valence-electron chi connectivity index (χ1n) is 12.0. The summed E-state index contributed by atoms with van der Waals surface area (Å²) in [4.78, 5) is 28.1. The van der Waals surface area contributed by atoms with Gasteiger partial charge in [0.2, 0.25) is 5.78 Å². The summed E-state index contributed by atoms with van der Waals surface area (Å²) in [5.41, 5.74) is 1.71. The van der Waals surface area contributed by atoms with Crippen LogP contribution in [-0.2, 0) is 11.8 Å². The first-order chi connectivity index (χ1) is 16.9. The van der Waals surface area contributed by atoms with Crippen molar-refractivity contribution in [2.24, 2.45) is 7.05 Å². The molecule has 0 radical (unpaired) electrons. The number of ether oxygens (including phenoxy) is 1. The van der Waals surface area contributed by atoms with Crippen LogP contribution in [0.1, 0.15) is 47.7 Å². The van der Waals surface area contributed by atoms with Crippen LogP contribution in [0.2, 0.25) is 5.02 Å². The Labute approximate surface area is 208 Å². The van der Waals surface area contributed by atoms with Crippen LogP contribution in [-0.4, -0.2) is 63.3 Å². The molecule has 9 heteroatoms.